The minimum atomic E-state index is -0.379. The molecule has 1 saturated heterocycles. The van der Waals surface area contributed by atoms with E-state index in [0.717, 1.165) is 38.6 Å². The van der Waals surface area contributed by atoms with Crippen molar-refractivity contribution in [1.82, 2.24) is 10.2 Å². The number of aliphatic hydroxyl groups excluding tert-OH is 1. The summed E-state index contributed by atoms with van der Waals surface area (Å²) in [6.07, 6.45) is 4.49. The van der Waals surface area contributed by atoms with Gasteiger partial charge in [-0.3, -0.25) is 9.59 Å². The molecule has 102 valence electrons. The molecule has 2 N–H and O–H groups in total. The summed E-state index contributed by atoms with van der Waals surface area (Å²) in [6, 6.07) is 0. The van der Waals surface area contributed by atoms with Crippen molar-refractivity contribution in [2.45, 2.75) is 44.6 Å². The molecule has 5 heteroatoms. The van der Waals surface area contributed by atoms with Crippen LogP contribution in [-0.4, -0.2) is 47.1 Å². The molecule has 0 aromatic carbocycles. The second-order valence-electron chi connectivity index (χ2n) is 5.59. The first-order chi connectivity index (χ1) is 8.56. The van der Waals surface area contributed by atoms with E-state index in [2.05, 4.69) is 5.32 Å². The number of carbonyl (C=O) groups excluding carboxylic acids is 2. The zero-order chi connectivity index (χ0) is 13.2. The van der Waals surface area contributed by atoms with E-state index in [-0.39, 0.29) is 29.9 Å². The van der Waals surface area contributed by atoms with Crippen molar-refractivity contribution in [1.29, 1.82) is 0 Å². The van der Waals surface area contributed by atoms with Crippen LogP contribution in [-0.2, 0) is 9.59 Å². The average Bonchev–Trinajstić information content (AvgIpc) is 2.33. The number of hydrogen-bond donors (Lipinski definition) is 2. The van der Waals surface area contributed by atoms with Crippen molar-refractivity contribution in [3.63, 3.8) is 0 Å². The molecule has 2 fully saturated rings. The maximum absolute atomic E-state index is 12.2. The molecule has 1 atom stereocenters. The summed E-state index contributed by atoms with van der Waals surface area (Å²) < 4.78 is 0. The van der Waals surface area contributed by atoms with Gasteiger partial charge in [0.1, 0.15) is 0 Å². The second kappa shape index (κ2) is 5.26. The standard InChI is InChI=1S/C13H22N2O3/c1-10(17)15-7-2-4-11(8-15)12(18)14-13(9-16)5-3-6-13/h11,16H,2-9H2,1H3,(H,14,18). The van der Waals surface area contributed by atoms with Crippen molar-refractivity contribution < 1.29 is 14.7 Å². The topological polar surface area (TPSA) is 69.6 Å². The molecule has 0 bridgehead atoms. The van der Waals surface area contributed by atoms with E-state index in [4.69, 9.17) is 0 Å². The van der Waals surface area contributed by atoms with Crippen LogP contribution in [0.4, 0.5) is 0 Å². The summed E-state index contributed by atoms with van der Waals surface area (Å²) in [6.45, 7) is 2.83. The zero-order valence-corrected chi connectivity index (χ0v) is 10.9. The quantitative estimate of drug-likeness (QED) is 0.760. The van der Waals surface area contributed by atoms with Crippen LogP contribution in [0.2, 0.25) is 0 Å². The summed E-state index contributed by atoms with van der Waals surface area (Å²) in [4.78, 5) is 25.2. The number of piperidine rings is 1. The first-order valence-corrected chi connectivity index (χ1v) is 6.75. The van der Waals surface area contributed by atoms with Crippen LogP contribution in [0.1, 0.15) is 39.0 Å². The van der Waals surface area contributed by atoms with Crippen LogP contribution in [0.25, 0.3) is 0 Å². The zero-order valence-electron chi connectivity index (χ0n) is 10.9. The van der Waals surface area contributed by atoms with Gasteiger partial charge in [-0.15, -0.1) is 0 Å². The summed E-state index contributed by atoms with van der Waals surface area (Å²) in [7, 11) is 0. The number of hydrogen-bond acceptors (Lipinski definition) is 3. The third kappa shape index (κ3) is 2.66. The minimum Gasteiger partial charge on any atom is -0.394 e. The van der Waals surface area contributed by atoms with Crippen molar-refractivity contribution in [2.24, 2.45) is 5.92 Å². The van der Waals surface area contributed by atoms with Crippen LogP contribution < -0.4 is 5.32 Å². The normalized spacial score (nSPS) is 26.3. The molecular weight excluding hydrogens is 232 g/mol. The summed E-state index contributed by atoms with van der Waals surface area (Å²) in [5.41, 5.74) is -0.379. The molecule has 1 saturated carbocycles. The molecule has 1 unspecified atom stereocenters. The molecule has 1 aliphatic heterocycles. The highest BCUT2D eigenvalue weighted by molar-refractivity contribution is 5.81. The Kier molecular flexibility index (Phi) is 3.90. The lowest BCUT2D eigenvalue weighted by Crippen LogP contribution is -2.58. The highest BCUT2D eigenvalue weighted by Crippen LogP contribution is 2.32. The lowest BCUT2D eigenvalue weighted by molar-refractivity contribution is -0.135. The Morgan fingerprint density at radius 2 is 2.11 bits per heavy atom. The van der Waals surface area contributed by atoms with Crippen LogP contribution >= 0.6 is 0 Å². The fourth-order valence-corrected chi connectivity index (χ4v) is 2.77. The number of nitrogens with zero attached hydrogens (tertiary/aromatic N) is 1. The molecule has 0 spiro atoms. The van der Waals surface area contributed by atoms with Crippen LogP contribution in [0.15, 0.2) is 0 Å². The van der Waals surface area contributed by atoms with E-state index in [1.807, 2.05) is 0 Å². The molecule has 2 rings (SSSR count). The van der Waals surface area contributed by atoms with E-state index in [1.54, 1.807) is 11.8 Å². The Labute approximate surface area is 108 Å². The number of nitrogens with one attached hydrogen (secondary N) is 1. The predicted octanol–water partition coefficient (Wildman–Crippen LogP) is 0.276. The molecule has 18 heavy (non-hydrogen) atoms. The van der Waals surface area contributed by atoms with Gasteiger partial charge in [0, 0.05) is 20.0 Å². The highest BCUT2D eigenvalue weighted by Gasteiger charge is 2.39. The van der Waals surface area contributed by atoms with Gasteiger partial charge in [0.05, 0.1) is 18.1 Å². The number of carbonyl (C=O) groups is 2. The molecule has 0 aromatic rings. The van der Waals surface area contributed by atoms with Gasteiger partial charge in [-0.2, -0.15) is 0 Å². The molecule has 1 aliphatic carbocycles. The van der Waals surface area contributed by atoms with Crippen LogP contribution in [0.5, 0.6) is 0 Å². The van der Waals surface area contributed by atoms with E-state index >= 15 is 0 Å². The van der Waals surface area contributed by atoms with Crippen molar-refractivity contribution >= 4 is 11.8 Å². The maximum Gasteiger partial charge on any atom is 0.225 e. The first-order valence-electron chi connectivity index (χ1n) is 6.75. The molecule has 5 nitrogen and oxygen atoms in total. The maximum atomic E-state index is 12.2. The van der Waals surface area contributed by atoms with Crippen molar-refractivity contribution in [3.8, 4) is 0 Å². The molecule has 1 heterocycles. The van der Waals surface area contributed by atoms with Gasteiger partial charge in [0.2, 0.25) is 11.8 Å². The van der Waals surface area contributed by atoms with Gasteiger partial charge < -0.3 is 15.3 Å². The van der Waals surface area contributed by atoms with Gasteiger partial charge in [-0.1, -0.05) is 0 Å². The number of amides is 2. The Morgan fingerprint density at radius 3 is 2.61 bits per heavy atom. The molecule has 2 amide bonds. The Hall–Kier alpha value is -1.10. The SMILES string of the molecule is CC(=O)N1CCCC(C(=O)NC2(CO)CCC2)C1. The molecule has 0 radical (unpaired) electrons. The molecule has 0 aromatic heterocycles. The lowest BCUT2D eigenvalue weighted by Gasteiger charge is -2.42. The van der Waals surface area contributed by atoms with Crippen LogP contribution in [0, 0.1) is 5.92 Å². The van der Waals surface area contributed by atoms with E-state index in [1.165, 1.54) is 0 Å². The number of rotatable bonds is 3. The highest BCUT2D eigenvalue weighted by atomic mass is 16.3. The Balaban J connectivity index is 1.90. The lowest BCUT2D eigenvalue weighted by atomic mass is 9.77. The monoisotopic (exact) mass is 254 g/mol. The van der Waals surface area contributed by atoms with Crippen LogP contribution in [0.3, 0.4) is 0 Å². The van der Waals surface area contributed by atoms with Crippen molar-refractivity contribution in [2.75, 3.05) is 19.7 Å². The second-order valence-corrected chi connectivity index (χ2v) is 5.59. The average molecular weight is 254 g/mol. The van der Waals surface area contributed by atoms with Gasteiger partial charge in [-0.25, -0.2) is 0 Å². The third-order valence-corrected chi connectivity index (χ3v) is 4.24. The summed E-state index contributed by atoms with van der Waals surface area (Å²) in [5, 5.41) is 12.3. The summed E-state index contributed by atoms with van der Waals surface area (Å²) >= 11 is 0. The summed E-state index contributed by atoms with van der Waals surface area (Å²) in [5.74, 6) is -0.0885. The third-order valence-electron chi connectivity index (χ3n) is 4.24. The molecular formula is C13H22N2O3. The van der Waals surface area contributed by atoms with E-state index in [9.17, 15) is 14.7 Å². The number of aliphatic hydroxyl groups is 1. The Bertz CT molecular complexity index is 334. The Morgan fingerprint density at radius 1 is 1.39 bits per heavy atom. The first kappa shape index (κ1) is 13.3. The number of likely N-dealkylation sites (tertiary alicyclic amines) is 1. The van der Waals surface area contributed by atoms with Gasteiger partial charge in [-0.05, 0) is 32.1 Å². The minimum absolute atomic E-state index is 0.00491. The van der Waals surface area contributed by atoms with Gasteiger partial charge in [0.15, 0.2) is 0 Å². The fraction of sp³-hybridized carbons (Fsp3) is 0.846. The van der Waals surface area contributed by atoms with Crippen molar-refractivity contribution in [3.05, 3.63) is 0 Å². The largest absolute Gasteiger partial charge is 0.394 e. The van der Waals surface area contributed by atoms with Gasteiger partial charge >= 0.3 is 0 Å². The fourth-order valence-electron chi connectivity index (χ4n) is 2.77. The van der Waals surface area contributed by atoms with E-state index < -0.39 is 0 Å². The molecule has 2 aliphatic rings. The smallest absolute Gasteiger partial charge is 0.225 e. The van der Waals surface area contributed by atoms with E-state index in [0.29, 0.717) is 6.54 Å². The predicted molar refractivity (Wildman–Crippen MR) is 66.8 cm³/mol. The van der Waals surface area contributed by atoms with Gasteiger partial charge in [0.25, 0.3) is 0 Å².